The summed E-state index contributed by atoms with van der Waals surface area (Å²) in [5.41, 5.74) is 2.99. The Morgan fingerprint density at radius 1 is 1.17 bits per heavy atom. The van der Waals surface area contributed by atoms with Crippen LogP contribution in [0.5, 0.6) is 0 Å². The summed E-state index contributed by atoms with van der Waals surface area (Å²) in [5.74, 6) is -0.345. The molecule has 5 nitrogen and oxygen atoms in total. The fraction of sp³-hybridized carbons (Fsp3) is 0.227. The number of rotatable bonds is 4. The average Bonchev–Trinajstić information content (AvgIpc) is 2.75. The minimum absolute atomic E-state index is 0.0295. The van der Waals surface area contributed by atoms with E-state index in [9.17, 15) is 9.18 Å². The summed E-state index contributed by atoms with van der Waals surface area (Å²) in [5, 5.41) is 0.611. The molecule has 0 unspecified atom stereocenters. The monoisotopic (exact) mass is 411 g/mol. The highest BCUT2D eigenvalue weighted by Gasteiger charge is 2.28. The zero-order valence-electron chi connectivity index (χ0n) is 15.6. The molecule has 1 aromatic heterocycles. The van der Waals surface area contributed by atoms with Crippen LogP contribution in [0.2, 0.25) is 5.02 Å². The summed E-state index contributed by atoms with van der Waals surface area (Å²) >= 11 is 6.13. The summed E-state index contributed by atoms with van der Waals surface area (Å²) in [6.45, 7) is 1.29. The zero-order chi connectivity index (χ0) is 20.2. The van der Waals surface area contributed by atoms with Gasteiger partial charge in [-0.3, -0.25) is 14.8 Å². The molecular weight excluding hydrogens is 393 g/mol. The Hall–Kier alpha value is -2.83. The number of hydrogen-bond acceptors (Lipinski definition) is 4. The van der Waals surface area contributed by atoms with Crippen molar-refractivity contribution in [3.8, 4) is 11.3 Å². The van der Waals surface area contributed by atoms with Gasteiger partial charge in [0.1, 0.15) is 11.9 Å². The van der Waals surface area contributed by atoms with Gasteiger partial charge < -0.3 is 9.64 Å². The highest BCUT2D eigenvalue weighted by molar-refractivity contribution is 6.30. The van der Waals surface area contributed by atoms with Crippen molar-refractivity contribution in [2.75, 3.05) is 19.7 Å². The van der Waals surface area contributed by atoms with Crippen LogP contribution < -0.4 is 0 Å². The Balaban J connectivity index is 1.53. The van der Waals surface area contributed by atoms with E-state index in [1.54, 1.807) is 35.5 Å². The third-order valence-electron chi connectivity index (χ3n) is 4.82. The number of carbonyl (C=O) groups excluding carboxylic acids is 1. The normalized spacial score (nSPS) is 16.6. The molecule has 0 aliphatic carbocycles. The number of hydrogen-bond donors (Lipinski definition) is 0. The van der Waals surface area contributed by atoms with Crippen LogP contribution in [0.3, 0.4) is 0 Å². The van der Waals surface area contributed by atoms with Crippen molar-refractivity contribution in [2.45, 2.75) is 12.5 Å². The molecule has 0 N–H and O–H groups in total. The molecule has 148 valence electrons. The number of benzene rings is 2. The second kappa shape index (κ2) is 8.68. The molecule has 3 aromatic rings. The number of amides is 1. The fourth-order valence-corrected chi connectivity index (χ4v) is 3.56. The van der Waals surface area contributed by atoms with Crippen LogP contribution in [-0.4, -0.2) is 40.5 Å². The van der Waals surface area contributed by atoms with Crippen molar-refractivity contribution in [3.63, 3.8) is 0 Å². The molecule has 1 fully saturated rings. The van der Waals surface area contributed by atoms with Crippen molar-refractivity contribution >= 4 is 17.5 Å². The van der Waals surface area contributed by atoms with Crippen LogP contribution in [0.15, 0.2) is 60.9 Å². The Labute approximate surface area is 173 Å². The van der Waals surface area contributed by atoms with E-state index in [-0.39, 0.29) is 24.2 Å². The third-order valence-corrected chi connectivity index (χ3v) is 5.05. The lowest BCUT2D eigenvalue weighted by Crippen LogP contribution is -2.43. The maximum absolute atomic E-state index is 13.1. The first-order valence-electron chi connectivity index (χ1n) is 9.31. The summed E-state index contributed by atoms with van der Waals surface area (Å²) in [4.78, 5) is 23.5. The molecule has 2 heterocycles. The van der Waals surface area contributed by atoms with Crippen molar-refractivity contribution in [3.05, 3.63) is 83.0 Å². The van der Waals surface area contributed by atoms with Gasteiger partial charge in [-0.15, -0.1) is 0 Å². The molecule has 0 saturated carbocycles. The number of aromatic nitrogens is 2. The van der Waals surface area contributed by atoms with E-state index in [1.807, 2.05) is 18.2 Å². The summed E-state index contributed by atoms with van der Waals surface area (Å²) in [6.07, 6.45) is 3.07. The predicted molar refractivity (Wildman–Crippen MR) is 108 cm³/mol. The molecule has 1 atom stereocenters. The lowest BCUT2D eigenvalue weighted by Gasteiger charge is -2.33. The summed E-state index contributed by atoms with van der Waals surface area (Å²) in [7, 11) is 0. The number of carbonyl (C=O) groups is 1. The van der Waals surface area contributed by atoms with E-state index in [1.165, 1.54) is 12.1 Å². The number of ether oxygens (including phenoxy) is 1. The molecule has 0 spiro atoms. The van der Waals surface area contributed by atoms with Gasteiger partial charge in [-0.2, -0.15) is 0 Å². The van der Waals surface area contributed by atoms with Gasteiger partial charge in [-0.05, 0) is 29.8 Å². The highest BCUT2D eigenvalue weighted by atomic mass is 35.5. The van der Waals surface area contributed by atoms with Crippen LogP contribution in [0.1, 0.15) is 17.4 Å². The van der Waals surface area contributed by atoms with Gasteiger partial charge in [-0.25, -0.2) is 4.39 Å². The van der Waals surface area contributed by atoms with Gasteiger partial charge in [0.2, 0.25) is 5.91 Å². The van der Waals surface area contributed by atoms with Gasteiger partial charge in [0.05, 0.1) is 31.0 Å². The molecule has 7 heteroatoms. The zero-order valence-corrected chi connectivity index (χ0v) is 16.3. The minimum atomic E-state index is -0.386. The van der Waals surface area contributed by atoms with Crippen LogP contribution in [0, 0.1) is 5.82 Å². The molecule has 0 radical (unpaired) electrons. The van der Waals surface area contributed by atoms with Crippen LogP contribution in [0.4, 0.5) is 4.39 Å². The van der Waals surface area contributed by atoms with E-state index >= 15 is 0 Å². The lowest BCUT2D eigenvalue weighted by atomic mass is 10.0. The second-order valence-electron chi connectivity index (χ2n) is 6.80. The largest absolute Gasteiger partial charge is 0.368 e. The van der Waals surface area contributed by atoms with Gasteiger partial charge in [-0.1, -0.05) is 35.9 Å². The molecule has 2 aromatic carbocycles. The van der Waals surface area contributed by atoms with E-state index in [4.69, 9.17) is 16.3 Å². The first-order valence-corrected chi connectivity index (χ1v) is 9.68. The van der Waals surface area contributed by atoms with Crippen molar-refractivity contribution in [1.29, 1.82) is 0 Å². The summed E-state index contributed by atoms with van der Waals surface area (Å²) in [6, 6.07) is 13.4. The van der Waals surface area contributed by atoms with Crippen molar-refractivity contribution in [1.82, 2.24) is 14.9 Å². The standard InChI is InChI=1S/C22H19ClFN3O2/c23-17-3-1-2-16(13-17)21-22(26-9-8-25-21)19-14-27(10-11-29-19)20(28)12-15-4-6-18(24)7-5-15/h1-9,13,19H,10-12,14H2/t19-/m0/s1. The molecule has 4 rings (SSSR count). The topological polar surface area (TPSA) is 55.3 Å². The Morgan fingerprint density at radius 2 is 1.97 bits per heavy atom. The van der Waals surface area contributed by atoms with E-state index in [0.717, 1.165) is 11.1 Å². The Bertz CT molecular complexity index is 1010. The summed E-state index contributed by atoms with van der Waals surface area (Å²) < 4.78 is 19.0. The molecule has 0 bridgehead atoms. The fourth-order valence-electron chi connectivity index (χ4n) is 3.37. The minimum Gasteiger partial charge on any atom is -0.368 e. The van der Waals surface area contributed by atoms with E-state index in [2.05, 4.69) is 9.97 Å². The average molecular weight is 412 g/mol. The van der Waals surface area contributed by atoms with Gasteiger partial charge >= 0.3 is 0 Å². The first kappa shape index (κ1) is 19.5. The molecule has 1 saturated heterocycles. The maximum atomic E-state index is 13.1. The van der Waals surface area contributed by atoms with Crippen molar-refractivity contribution < 1.29 is 13.9 Å². The lowest BCUT2D eigenvalue weighted by molar-refractivity contribution is -0.138. The SMILES string of the molecule is O=C(Cc1ccc(F)cc1)N1CCO[C@H](c2nccnc2-c2cccc(Cl)c2)C1. The Kier molecular flexibility index (Phi) is 5.83. The number of nitrogens with zero attached hydrogens (tertiary/aromatic N) is 3. The molecule has 1 aliphatic heterocycles. The van der Waals surface area contributed by atoms with E-state index < -0.39 is 0 Å². The maximum Gasteiger partial charge on any atom is 0.227 e. The van der Waals surface area contributed by atoms with Crippen molar-refractivity contribution in [2.24, 2.45) is 0 Å². The number of morpholine rings is 1. The third kappa shape index (κ3) is 4.60. The van der Waals surface area contributed by atoms with Crippen LogP contribution in [0.25, 0.3) is 11.3 Å². The van der Waals surface area contributed by atoms with Gasteiger partial charge in [0, 0.05) is 29.5 Å². The quantitative estimate of drug-likeness (QED) is 0.649. The molecular formula is C22H19ClFN3O2. The van der Waals surface area contributed by atoms with Crippen LogP contribution >= 0.6 is 11.6 Å². The molecule has 1 amide bonds. The van der Waals surface area contributed by atoms with E-state index in [0.29, 0.717) is 36.1 Å². The van der Waals surface area contributed by atoms with Gasteiger partial charge in [0.25, 0.3) is 0 Å². The molecule has 29 heavy (non-hydrogen) atoms. The molecule has 1 aliphatic rings. The highest BCUT2D eigenvalue weighted by Crippen LogP contribution is 2.30. The smallest absolute Gasteiger partial charge is 0.227 e. The first-order chi connectivity index (χ1) is 14.1. The predicted octanol–water partition coefficient (Wildman–Crippen LogP) is 4.08. The second-order valence-corrected chi connectivity index (χ2v) is 7.24. The number of halogens is 2. The Morgan fingerprint density at radius 3 is 2.76 bits per heavy atom. The van der Waals surface area contributed by atoms with Crippen LogP contribution in [-0.2, 0) is 16.0 Å². The van der Waals surface area contributed by atoms with Gasteiger partial charge in [0.15, 0.2) is 0 Å².